The molecule has 0 radical (unpaired) electrons. The first-order valence-corrected chi connectivity index (χ1v) is 10.2. The van der Waals surface area contributed by atoms with Gasteiger partial charge >= 0.3 is 0 Å². The molecule has 0 bridgehead atoms. The van der Waals surface area contributed by atoms with Gasteiger partial charge in [-0.25, -0.2) is 8.42 Å². The summed E-state index contributed by atoms with van der Waals surface area (Å²) in [6, 6.07) is 18.7. The first-order valence-electron chi connectivity index (χ1n) is 6.29. The Kier molecular flexibility index (Phi) is 4.26. The maximum absolute atomic E-state index is 12.9. The van der Waals surface area contributed by atoms with Gasteiger partial charge in [-0.05, 0) is 72.1 Å². The van der Waals surface area contributed by atoms with E-state index in [1.807, 2.05) is 54.6 Å². The van der Waals surface area contributed by atoms with Gasteiger partial charge < -0.3 is 4.57 Å². The predicted octanol–water partition coefficient (Wildman–Crippen LogP) is 5.20. The van der Waals surface area contributed by atoms with Crippen molar-refractivity contribution in [3.05, 3.63) is 60.7 Å². The van der Waals surface area contributed by atoms with E-state index >= 15 is 0 Å². The Labute approximate surface area is 153 Å². The number of aromatic nitrogens is 1. The van der Waals surface area contributed by atoms with Crippen LogP contribution in [0.2, 0.25) is 0 Å². The number of nitrogens with zero attached hydrogens (tertiary/aromatic N) is 1. The van der Waals surface area contributed by atoms with E-state index in [4.69, 9.17) is 0 Å². The minimum atomic E-state index is -3.70. The molecule has 0 saturated heterocycles. The van der Waals surface area contributed by atoms with E-state index in [2.05, 4.69) is 47.8 Å². The van der Waals surface area contributed by atoms with Crippen molar-refractivity contribution in [3.63, 3.8) is 0 Å². The molecule has 0 unspecified atom stereocenters. The molecule has 7 heteroatoms. The molecule has 0 saturated carbocycles. The number of rotatable bonds is 2. The zero-order valence-corrected chi connectivity index (χ0v) is 16.7. The van der Waals surface area contributed by atoms with Crippen LogP contribution in [0.15, 0.2) is 65.7 Å². The van der Waals surface area contributed by atoms with E-state index in [-0.39, 0.29) is 5.03 Å². The lowest BCUT2D eigenvalue weighted by molar-refractivity contribution is 0.593. The van der Waals surface area contributed by atoms with Crippen molar-refractivity contribution in [2.75, 3.05) is 0 Å². The molecule has 0 aliphatic carbocycles. The molecule has 114 valence electrons. The zero-order valence-electron chi connectivity index (χ0n) is 11.1. The summed E-state index contributed by atoms with van der Waals surface area (Å²) in [5.41, 5.74) is 1.63. The van der Waals surface area contributed by atoms with Crippen molar-refractivity contribution in [1.82, 2.24) is 4.57 Å². The number of hydrogen-bond acceptors (Lipinski definition) is 2. The maximum atomic E-state index is 12.9. The molecule has 3 rings (SSSR count). The van der Waals surface area contributed by atoms with E-state index in [0.29, 0.717) is 0 Å². The molecule has 1 aromatic heterocycles. The largest absolute Gasteiger partial charge is 0.300 e. The Morgan fingerprint density at radius 3 is 2.09 bits per heavy atom. The molecule has 0 spiro atoms. The fraction of sp³-hybridized carbons (Fsp3) is 0.0667. The normalized spacial score (nSPS) is 12.7. The third-order valence-corrected chi connectivity index (χ3v) is 8.57. The quantitative estimate of drug-likeness (QED) is 0.447. The van der Waals surface area contributed by atoms with E-state index in [9.17, 15) is 8.42 Å². The van der Waals surface area contributed by atoms with Crippen molar-refractivity contribution in [2.24, 2.45) is 0 Å². The highest BCUT2D eigenvalue weighted by Crippen LogP contribution is 2.44. The SMILES string of the molecule is O=S(=O)(c1cc2ccccc2n1-c1ccccc1)C(Br)(Br)Br. The highest BCUT2D eigenvalue weighted by atomic mass is 80.0. The number of hydrogen-bond donors (Lipinski definition) is 0. The molecule has 0 atom stereocenters. The van der Waals surface area contributed by atoms with Gasteiger partial charge in [0.15, 0.2) is 0 Å². The van der Waals surface area contributed by atoms with Crippen LogP contribution in [0.25, 0.3) is 16.6 Å². The Morgan fingerprint density at radius 1 is 0.864 bits per heavy atom. The summed E-state index contributed by atoms with van der Waals surface area (Å²) in [7, 11) is -3.70. The summed E-state index contributed by atoms with van der Waals surface area (Å²) in [6.45, 7) is 0. The zero-order chi connectivity index (χ0) is 16.0. The topological polar surface area (TPSA) is 39.1 Å². The van der Waals surface area contributed by atoms with Gasteiger partial charge in [-0.15, -0.1) is 0 Å². The van der Waals surface area contributed by atoms with Gasteiger partial charge in [0.2, 0.25) is 11.3 Å². The second-order valence-corrected chi connectivity index (χ2v) is 15.0. The molecule has 3 nitrogen and oxygen atoms in total. The first-order chi connectivity index (χ1) is 10.3. The summed E-state index contributed by atoms with van der Waals surface area (Å²) in [5, 5.41) is 1.06. The van der Waals surface area contributed by atoms with Crippen LogP contribution >= 0.6 is 47.8 Å². The van der Waals surface area contributed by atoms with Gasteiger partial charge in [-0.2, -0.15) is 0 Å². The van der Waals surface area contributed by atoms with Gasteiger partial charge in [0.05, 0.1) is 5.52 Å². The van der Waals surface area contributed by atoms with E-state index in [0.717, 1.165) is 16.6 Å². The van der Waals surface area contributed by atoms with Crippen LogP contribution in [0.4, 0.5) is 0 Å². The summed E-state index contributed by atoms with van der Waals surface area (Å²) in [5.74, 6) is 0. The summed E-state index contributed by atoms with van der Waals surface area (Å²) in [6.07, 6.45) is 0. The number of fused-ring (bicyclic) bond motifs is 1. The monoisotopic (exact) mass is 505 g/mol. The molecule has 22 heavy (non-hydrogen) atoms. The molecule has 0 amide bonds. The standard InChI is InChI=1S/C15H10Br3NO2S/c16-15(17,18)22(20,21)14-10-11-6-4-5-9-13(11)19(14)12-7-2-1-3-8-12/h1-10H. The van der Waals surface area contributed by atoms with Gasteiger partial charge in [0, 0.05) is 11.1 Å². The summed E-state index contributed by atoms with van der Waals surface area (Å²) >= 11 is 9.40. The number of alkyl halides is 3. The smallest absolute Gasteiger partial charge is 0.240 e. The van der Waals surface area contributed by atoms with Gasteiger partial charge in [0.25, 0.3) is 0 Å². The van der Waals surface area contributed by atoms with Crippen LogP contribution in [-0.4, -0.2) is 14.5 Å². The van der Waals surface area contributed by atoms with Crippen molar-refractivity contribution >= 4 is 68.5 Å². The lowest BCUT2D eigenvalue weighted by Gasteiger charge is -2.16. The molecular weight excluding hydrogens is 498 g/mol. The molecular formula is C15H10Br3NO2S. The fourth-order valence-corrected chi connectivity index (χ4v) is 4.75. The van der Waals surface area contributed by atoms with Gasteiger partial charge in [-0.3, -0.25) is 0 Å². The van der Waals surface area contributed by atoms with Crippen LogP contribution < -0.4 is 0 Å². The van der Waals surface area contributed by atoms with Crippen molar-refractivity contribution in [1.29, 1.82) is 0 Å². The lowest BCUT2D eigenvalue weighted by Crippen LogP contribution is -2.20. The molecule has 0 aliphatic rings. The summed E-state index contributed by atoms with van der Waals surface area (Å²) in [4.78, 5) is 0. The van der Waals surface area contributed by atoms with Crippen LogP contribution in [0.1, 0.15) is 0 Å². The number of benzene rings is 2. The molecule has 1 heterocycles. The molecule has 3 aromatic rings. The second kappa shape index (κ2) is 5.78. The van der Waals surface area contributed by atoms with Gasteiger partial charge in [-0.1, -0.05) is 36.4 Å². The van der Waals surface area contributed by atoms with Crippen LogP contribution in [0, 0.1) is 0 Å². The minimum absolute atomic E-state index is 0.200. The van der Waals surface area contributed by atoms with E-state index in [1.165, 1.54) is 0 Å². The minimum Gasteiger partial charge on any atom is -0.300 e. The van der Waals surface area contributed by atoms with Crippen LogP contribution in [0.3, 0.4) is 0 Å². The highest BCUT2D eigenvalue weighted by molar-refractivity contribution is 9.42. The number of halogens is 3. The Bertz CT molecular complexity index is 928. The summed E-state index contributed by atoms with van der Waals surface area (Å²) < 4.78 is 26.0. The number of sulfone groups is 1. The average molecular weight is 508 g/mol. The van der Waals surface area contributed by atoms with Crippen molar-refractivity contribution in [3.8, 4) is 5.69 Å². The highest BCUT2D eigenvalue weighted by Gasteiger charge is 2.40. The Hall–Kier alpha value is -0.630. The van der Waals surface area contributed by atoms with Crippen LogP contribution in [-0.2, 0) is 9.84 Å². The molecule has 2 aromatic carbocycles. The van der Waals surface area contributed by atoms with E-state index in [1.54, 1.807) is 10.6 Å². The third kappa shape index (κ3) is 2.68. The predicted molar refractivity (Wildman–Crippen MR) is 100.0 cm³/mol. The second-order valence-electron chi connectivity index (χ2n) is 4.66. The Morgan fingerprint density at radius 2 is 1.45 bits per heavy atom. The molecule has 0 N–H and O–H groups in total. The number of para-hydroxylation sites is 2. The van der Waals surface area contributed by atoms with Crippen LogP contribution in [0.5, 0.6) is 0 Å². The lowest BCUT2D eigenvalue weighted by atomic mass is 10.2. The fourth-order valence-electron chi connectivity index (χ4n) is 2.29. The third-order valence-electron chi connectivity index (χ3n) is 3.27. The van der Waals surface area contributed by atoms with Gasteiger partial charge in [0.1, 0.15) is 5.03 Å². The molecule has 0 fully saturated rings. The maximum Gasteiger partial charge on any atom is 0.240 e. The van der Waals surface area contributed by atoms with Crippen molar-refractivity contribution < 1.29 is 8.42 Å². The first kappa shape index (κ1) is 16.2. The Balaban J connectivity index is 2.42. The average Bonchev–Trinajstić information content (AvgIpc) is 2.87. The molecule has 0 aliphatic heterocycles. The van der Waals surface area contributed by atoms with E-state index < -0.39 is 11.3 Å². The van der Waals surface area contributed by atoms with Crippen molar-refractivity contribution in [2.45, 2.75) is 6.50 Å².